The van der Waals surface area contributed by atoms with Crippen molar-refractivity contribution in [2.24, 2.45) is 0 Å². The summed E-state index contributed by atoms with van der Waals surface area (Å²) in [6, 6.07) is 10.6. The molecule has 4 heterocycles. The van der Waals surface area contributed by atoms with Crippen LogP contribution in [0.3, 0.4) is 0 Å². The lowest BCUT2D eigenvalue weighted by molar-refractivity contribution is -0.127. The van der Waals surface area contributed by atoms with E-state index in [-0.39, 0.29) is 5.91 Å². The van der Waals surface area contributed by atoms with Crippen LogP contribution in [0, 0.1) is 6.92 Å². The molecule has 1 saturated heterocycles. The number of amides is 1. The van der Waals surface area contributed by atoms with Gasteiger partial charge in [-0.05, 0) is 43.7 Å². The predicted molar refractivity (Wildman–Crippen MR) is 170 cm³/mol. The SMILES string of the molecule is Cc1nc2ccc(Oc3ccc4ncc(-c5cnn(CCN6CCCC6=O)c5)nc4c3Cl)cc2n1COCC[Si](C)(C)C. The van der Waals surface area contributed by atoms with E-state index in [1.54, 1.807) is 12.4 Å². The van der Waals surface area contributed by atoms with Gasteiger partial charge in [-0.1, -0.05) is 31.2 Å². The maximum Gasteiger partial charge on any atom is 0.222 e. The van der Waals surface area contributed by atoms with E-state index >= 15 is 0 Å². The molecule has 0 bridgehead atoms. The van der Waals surface area contributed by atoms with Crippen molar-refractivity contribution in [1.82, 2.24) is 34.2 Å². The molecule has 0 spiro atoms. The van der Waals surface area contributed by atoms with Gasteiger partial charge in [0.25, 0.3) is 0 Å². The van der Waals surface area contributed by atoms with Crippen molar-refractivity contribution in [1.29, 1.82) is 0 Å². The molecule has 0 N–H and O–H groups in total. The molecular weight excluding hydrogens is 582 g/mol. The lowest BCUT2D eigenvalue weighted by Gasteiger charge is -2.16. The molecule has 1 amide bonds. The number of halogens is 1. The van der Waals surface area contributed by atoms with Gasteiger partial charge in [0.1, 0.15) is 34.6 Å². The number of benzene rings is 2. The minimum absolute atomic E-state index is 0.211. The number of hydrogen-bond acceptors (Lipinski definition) is 7. The monoisotopic (exact) mass is 617 g/mol. The molecule has 2 aromatic carbocycles. The molecular formula is C31H36ClN7O3Si. The molecule has 12 heteroatoms. The van der Waals surface area contributed by atoms with Crippen molar-refractivity contribution < 1.29 is 14.3 Å². The van der Waals surface area contributed by atoms with Crippen LogP contribution in [0.25, 0.3) is 33.3 Å². The fraction of sp³-hybridized carbons (Fsp3) is 0.387. The minimum atomic E-state index is -1.16. The summed E-state index contributed by atoms with van der Waals surface area (Å²) in [6.45, 7) is 12.3. The second-order valence-electron chi connectivity index (χ2n) is 12.2. The highest BCUT2D eigenvalue weighted by atomic mass is 35.5. The number of aromatic nitrogens is 6. The zero-order valence-electron chi connectivity index (χ0n) is 25.0. The number of fused-ring (bicyclic) bond motifs is 2. The fourth-order valence-corrected chi connectivity index (χ4v) is 6.13. The summed E-state index contributed by atoms with van der Waals surface area (Å²) in [7, 11) is -1.16. The number of carbonyl (C=O) groups is 1. The second-order valence-corrected chi connectivity index (χ2v) is 18.2. The number of imidazole rings is 1. The molecule has 10 nitrogen and oxygen atoms in total. The van der Waals surface area contributed by atoms with Gasteiger partial charge in [0.15, 0.2) is 0 Å². The van der Waals surface area contributed by atoms with Crippen LogP contribution in [-0.2, 0) is 22.8 Å². The maximum atomic E-state index is 11.9. The molecule has 6 rings (SSSR count). The van der Waals surface area contributed by atoms with Crippen molar-refractivity contribution in [2.75, 3.05) is 19.7 Å². The van der Waals surface area contributed by atoms with E-state index in [4.69, 9.17) is 26.1 Å². The van der Waals surface area contributed by atoms with Gasteiger partial charge in [-0.15, -0.1) is 0 Å². The Morgan fingerprint density at radius 2 is 1.88 bits per heavy atom. The summed E-state index contributed by atoms with van der Waals surface area (Å²) >= 11 is 6.85. The molecule has 1 aliphatic heterocycles. The van der Waals surface area contributed by atoms with Crippen LogP contribution in [-0.4, -0.2) is 67.9 Å². The first-order chi connectivity index (χ1) is 20.6. The van der Waals surface area contributed by atoms with Crippen molar-refractivity contribution in [2.45, 2.75) is 58.7 Å². The van der Waals surface area contributed by atoms with Gasteiger partial charge in [0.05, 0.1) is 41.2 Å². The first-order valence-corrected chi connectivity index (χ1v) is 18.7. The Bertz CT molecular complexity index is 1800. The first-order valence-electron chi connectivity index (χ1n) is 14.6. The number of aryl methyl sites for hydroxylation is 1. The minimum Gasteiger partial charge on any atom is -0.456 e. The summed E-state index contributed by atoms with van der Waals surface area (Å²) < 4.78 is 16.2. The van der Waals surface area contributed by atoms with Gasteiger partial charge in [-0.25, -0.2) is 9.97 Å². The number of carbonyl (C=O) groups excluding carboxylic acids is 1. The Morgan fingerprint density at radius 1 is 1.05 bits per heavy atom. The summed E-state index contributed by atoms with van der Waals surface area (Å²) in [6.07, 6.45) is 6.95. The molecule has 0 unspecified atom stereocenters. The zero-order chi connectivity index (χ0) is 30.1. The van der Waals surface area contributed by atoms with Crippen molar-refractivity contribution in [3.05, 3.63) is 59.8 Å². The summed E-state index contributed by atoms with van der Waals surface area (Å²) in [5, 5.41) is 4.84. The maximum absolute atomic E-state index is 11.9. The van der Waals surface area contributed by atoms with Crippen molar-refractivity contribution >= 4 is 47.6 Å². The highest BCUT2D eigenvalue weighted by molar-refractivity contribution is 6.76. The number of likely N-dealkylation sites (tertiary alicyclic amines) is 1. The quantitative estimate of drug-likeness (QED) is 0.123. The third kappa shape index (κ3) is 6.58. The van der Waals surface area contributed by atoms with E-state index in [0.717, 1.165) is 48.0 Å². The van der Waals surface area contributed by atoms with Crippen LogP contribution in [0.2, 0.25) is 30.7 Å². The molecule has 3 aromatic heterocycles. The van der Waals surface area contributed by atoms with Crippen LogP contribution in [0.1, 0.15) is 18.7 Å². The average Bonchev–Trinajstić information content (AvgIpc) is 3.69. The third-order valence-corrected chi connectivity index (χ3v) is 9.74. The van der Waals surface area contributed by atoms with E-state index in [1.807, 2.05) is 53.0 Å². The van der Waals surface area contributed by atoms with Gasteiger partial charge in [0, 0.05) is 52.0 Å². The Balaban J connectivity index is 1.20. The van der Waals surface area contributed by atoms with Crippen LogP contribution < -0.4 is 4.74 Å². The standard InChI is InChI=1S/C31H36ClN7O3Si/c1-21-35-24-8-7-23(16-27(24)39(21)20-41-14-15-43(2,3)4)42-28-10-9-25-31(30(28)32)36-26(18-33-25)22-17-34-38(19-22)13-12-37-11-5-6-29(37)40/h7-10,16-19H,5-6,11-15,20H2,1-4H3. The Morgan fingerprint density at radius 3 is 2.67 bits per heavy atom. The van der Waals surface area contributed by atoms with Gasteiger partial charge < -0.3 is 18.9 Å². The number of ether oxygens (including phenoxy) is 2. The normalized spacial score (nSPS) is 14.0. The highest BCUT2D eigenvalue weighted by Crippen LogP contribution is 2.36. The zero-order valence-corrected chi connectivity index (χ0v) is 26.8. The Labute approximate surface area is 256 Å². The molecule has 0 saturated carbocycles. The summed E-state index contributed by atoms with van der Waals surface area (Å²) in [5.41, 5.74) is 4.51. The lowest BCUT2D eigenvalue weighted by atomic mass is 10.2. The molecule has 1 fully saturated rings. The van der Waals surface area contributed by atoms with Crippen LogP contribution >= 0.6 is 11.6 Å². The molecule has 43 heavy (non-hydrogen) atoms. The van der Waals surface area contributed by atoms with E-state index < -0.39 is 8.07 Å². The van der Waals surface area contributed by atoms with Gasteiger partial charge >= 0.3 is 0 Å². The van der Waals surface area contributed by atoms with E-state index in [1.165, 1.54) is 0 Å². The number of rotatable bonds is 11. The van der Waals surface area contributed by atoms with Crippen LogP contribution in [0.15, 0.2) is 48.9 Å². The van der Waals surface area contributed by atoms with E-state index in [9.17, 15) is 4.79 Å². The Kier molecular flexibility index (Phi) is 8.21. The fourth-order valence-electron chi connectivity index (χ4n) is 5.14. The van der Waals surface area contributed by atoms with Crippen LogP contribution in [0.4, 0.5) is 0 Å². The van der Waals surface area contributed by atoms with Crippen molar-refractivity contribution in [3.63, 3.8) is 0 Å². The largest absolute Gasteiger partial charge is 0.456 e. The summed E-state index contributed by atoms with van der Waals surface area (Å²) in [5.74, 6) is 2.22. The van der Waals surface area contributed by atoms with Gasteiger partial charge in [0.2, 0.25) is 5.91 Å². The molecule has 5 aromatic rings. The highest BCUT2D eigenvalue weighted by Gasteiger charge is 2.20. The lowest BCUT2D eigenvalue weighted by Crippen LogP contribution is -2.28. The molecule has 1 aliphatic rings. The second kappa shape index (κ2) is 12.1. The molecule has 0 aliphatic carbocycles. The topological polar surface area (TPSA) is 100 Å². The van der Waals surface area contributed by atoms with Crippen LogP contribution in [0.5, 0.6) is 11.5 Å². The van der Waals surface area contributed by atoms with Crippen molar-refractivity contribution in [3.8, 4) is 22.8 Å². The predicted octanol–water partition coefficient (Wildman–Crippen LogP) is 6.53. The molecule has 0 atom stereocenters. The summed E-state index contributed by atoms with van der Waals surface area (Å²) in [4.78, 5) is 27.9. The van der Waals surface area contributed by atoms with Gasteiger partial charge in [-0.3, -0.25) is 14.5 Å². The van der Waals surface area contributed by atoms with Gasteiger partial charge in [-0.2, -0.15) is 5.10 Å². The third-order valence-electron chi connectivity index (χ3n) is 7.67. The first kappa shape index (κ1) is 29.3. The number of nitrogens with zero attached hydrogens (tertiary/aromatic N) is 7. The number of hydrogen-bond donors (Lipinski definition) is 0. The molecule has 0 radical (unpaired) electrons. The van der Waals surface area contributed by atoms with E-state index in [0.29, 0.717) is 59.5 Å². The Hall–Kier alpha value is -3.80. The molecule has 224 valence electrons. The smallest absolute Gasteiger partial charge is 0.222 e. The average molecular weight is 618 g/mol. The van der Waals surface area contributed by atoms with E-state index in [2.05, 4.69) is 39.3 Å².